The van der Waals surface area contributed by atoms with Crippen molar-refractivity contribution in [1.82, 2.24) is 9.80 Å². The van der Waals surface area contributed by atoms with Gasteiger partial charge in [-0.05, 0) is 17.9 Å². The predicted molar refractivity (Wildman–Crippen MR) is 90.6 cm³/mol. The molecule has 1 saturated heterocycles. The molecule has 5 nitrogen and oxygen atoms in total. The average molecular weight is 317 g/mol. The zero-order chi connectivity index (χ0) is 17.2. The standard InChI is InChI=1S/C18H27N3O2/c1-13-10-21(17(23)16(19)22)15(14-8-6-5-7-9-14)11-20(13)12-18(2,3)4/h5-9,13,15H,10-12H2,1-4H3,(H2,19,22)/t13-,15-/m1/s1. The van der Waals surface area contributed by atoms with Crippen molar-refractivity contribution in [3.8, 4) is 0 Å². The quantitative estimate of drug-likeness (QED) is 0.846. The first-order valence-electron chi connectivity index (χ1n) is 8.08. The van der Waals surface area contributed by atoms with Gasteiger partial charge < -0.3 is 10.6 Å². The highest BCUT2D eigenvalue weighted by molar-refractivity contribution is 6.34. The third-order valence-corrected chi connectivity index (χ3v) is 4.20. The van der Waals surface area contributed by atoms with Gasteiger partial charge >= 0.3 is 11.8 Å². The van der Waals surface area contributed by atoms with Crippen LogP contribution in [0, 0.1) is 5.41 Å². The van der Waals surface area contributed by atoms with Crippen LogP contribution in [0.1, 0.15) is 39.3 Å². The number of amides is 2. The largest absolute Gasteiger partial charge is 0.361 e. The molecule has 126 valence electrons. The molecule has 2 amide bonds. The Bertz CT molecular complexity index is 565. The number of nitrogens with two attached hydrogens (primary N) is 1. The van der Waals surface area contributed by atoms with E-state index in [2.05, 4.69) is 32.6 Å². The normalized spacial score (nSPS) is 22.9. The van der Waals surface area contributed by atoms with Crippen LogP contribution in [0.15, 0.2) is 30.3 Å². The van der Waals surface area contributed by atoms with Crippen molar-refractivity contribution in [2.24, 2.45) is 11.1 Å². The van der Waals surface area contributed by atoms with Crippen LogP contribution < -0.4 is 5.73 Å². The van der Waals surface area contributed by atoms with Crippen LogP contribution in [0.4, 0.5) is 0 Å². The Labute approximate surface area is 138 Å². The number of hydrogen-bond acceptors (Lipinski definition) is 3. The summed E-state index contributed by atoms with van der Waals surface area (Å²) < 4.78 is 0. The fourth-order valence-electron chi connectivity index (χ4n) is 3.18. The summed E-state index contributed by atoms with van der Waals surface area (Å²) in [5, 5.41) is 0. The van der Waals surface area contributed by atoms with E-state index < -0.39 is 11.8 Å². The summed E-state index contributed by atoms with van der Waals surface area (Å²) in [5.41, 5.74) is 6.45. The van der Waals surface area contributed by atoms with Crippen LogP contribution in [0.2, 0.25) is 0 Å². The highest BCUT2D eigenvalue weighted by Crippen LogP contribution is 2.30. The van der Waals surface area contributed by atoms with Gasteiger partial charge in [0.1, 0.15) is 0 Å². The summed E-state index contributed by atoms with van der Waals surface area (Å²) in [6.45, 7) is 10.9. The van der Waals surface area contributed by atoms with E-state index in [1.807, 2.05) is 30.3 Å². The fourth-order valence-corrected chi connectivity index (χ4v) is 3.18. The molecule has 1 aromatic carbocycles. The van der Waals surface area contributed by atoms with E-state index in [1.165, 1.54) is 0 Å². The third-order valence-electron chi connectivity index (χ3n) is 4.20. The highest BCUT2D eigenvalue weighted by atomic mass is 16.2. The molecule has 2 atom stereocenters. The number of rotatable bonds is 2. The van der Waals surface area contributed by atoms with E-state index >= 15 is 0 Å². The van der Waals surface area contributed by atoms with Gasteiger partial charge in [-0.1, -0.05) is 51.1 Å². The van der Waals surface area contributed by atoms with Gasteiger partial charge in [0.2, 0.25) is 0 Å². The molecule has 0 spiro atoms. The number of benzene rings is 1. The molecular weight excluding hydrogens is 290 g/mol. The minimum absolute atomic E-state index is 0.144. The molecule has 1 fully saturated rings. The van der Waals surface area contributed by atoms with E-state index in [4.69, 9.17) is 5.73 Å². The second-order valence-corrected chi connectivity index (χ2v) is 7.59. The molecule has 1 aromatic rings. The Hall–Kier alpha value is -1.88. The first kappa shape index (κ1) is 17.5. The van der Waals surface area contributed by atoms with Crippen molar-refractivity contribution in [3.05, 3.63) is 35.9 Å². The summed E-state index contributed by atoms with van der Waals surface area (Å²) in [6.07, 6.45) is 0. The maximum atomic E-state index is 12.3. The molecule has 0 radical (unpaired) electrons. The van der Waals surface area contributed by atoms with Gasteiger partial charge in [-0.15, -0.1) is 0 Å². The molecule has 2 rings (SSSR count). The number of primary amides is 1. The summed E-state index contributed by atoms with van der Waals surface area (Å²) in [5.74, 6) is -1.48. The van der Waals surface area contributed by atoms with Crippen LogP contribution in [-0.4, -0.2) is 47.3 Å². The van der Waals surface area contributed by atoms with E-state index in [-0.39, 0.29) is 17.5 Å². The van der Waals surface area contributed by atoms with Crippen molar-refractivity contribution in [2.75, 3.05) is 19.6 Å². The number of carbonyl (C=O) groups excluding carboxylic acids is 2. The topological polar surface area (TPSA) is 66.6 Å². The molecule has 1 aliphatic heterocycles. The fraction of sp³-hybridized carbons (Fsp3) is 0.556. The lowest BCUT2D eigenvalue weighted by atomic mass is 9.92. The molecule has 0 saturated carbocycles. The van der Waals surface area contributed by atoms with Crippen LogP contribution in [0.3, 0.4) is 0 Å². The van der Waals surface area contributed by atoms with Crippen LogP contribution in [0.25, 0.3) is 0 Å². The first-order chi connectivity index (χ1) is 10.7. The predicted octanol–water partition coefficient (Wildman–Crippen LogP) is 1.79. The van der Waals surface area contributed by atoms with Gasteiger partial charge in [0.25, 0.3) is 0 Å². The van der Waals surface area contributed by atoms with Gasteiger partial charge in [-0.25, -0.2) is 0 Å². The molecule has 1 aliphatic rings. The Morgan fingerprint density at radius 2 is 1.78 bits per heavy atom. The summed E-state index contributed by atoms with van der Waals surface area (Å²) in [7, 11) is 0. The van der Waals surface area contributed by atoms with Crippen molar-refractivity contribution >= 4 is 11.8 Å². The van der Waals surface area contributed by atoms with E-state index in [9.17, 15) is 9.59 Å². The number of hydrogen-bond donors (Lipinski definition) is 1. The van der Waals surface area contributed by atoms with Gasteiger partial charge in [0, 0.05) is 25.7 Å². The van der Waals surface area contributed by atoms with Crippen molar-refractivity contribution in [1.29, 1.82) is 0 Å². The second-order valence-electron chi connectivity index (χ2n) is 7.59. The van der Waals surface area contributed by atoms with E-state index in [1.54, 1.807) is 4.90 Å². The molecular formula is C18H27N3O2. The third kappa shape index (κ3) is 4.32. The van der Waals surface area contributed by atoms with E-state index in [0.29, 0.717) is 13.1 Å². The summed E-state index contributed by atoms with van der Waals surface area (Å²) in [4.78, 5) is 27.7. The van der Waals surface area contributed by atoms with Gasteiger partial charge in [-0.2, -0.15) is 0 Å². The molecule has 0 aliphatic carbocycles. The monoisotopic (exact) mass is 317 g/mol. The molecule has 0 unspecified atom stereocenters. The van der Waals surface area contributed by atoms with Gasteiger partial charge in [0.05, 0.1) is 6.04 Å². The van der Waals surface area contributed by atoms with Crippen LogP contribution in [-0.2, 0) is 9.59 Å². The van der Waals surface area contributed by atoms with E-state index in [0.717, 1.165) is 12.1 Å². The van der Waals surface area contributed by atoms with Crippen molar-refractivity contribution in [2.45, 2.75) is 39.8 Å². The average Bonchev–Trinajstić information content (AvgIpc) is 2.47. The number of carbonyl (C=O) groups is 2. The lowest BCUT2D eigenvalue weighted by Crippen LogP contribution is -2.58. The maximum absolute atomic E-state index is 12.3. The minimum Gasteiger partial charge on any atom is -0.361 e. The molecule has 0 aromatic heterocycles. The van der Waals surface area contributed by atoms with Crippen molar-refractivity contribution in [3.63, 3.8) is 0 Å². The van der Waals surface area contributed by atoms with Crippen LogP contribution in [0.5, 0.6) is 0 Å². The molecule has 2 N–H and O–H groups in total. The lowest BCUT2D eigenvalue weighted by molar-refractivity contribution is -0.149. The smallest absolute Gasteiger partial charge is 0.312 e. The van der Waals surface area contributed by atoms with Crippen LogP contribution >= 0.6 is 0 Å². The highest BCUT2D eigenvalue weighted by Gasteiger charge is 2.37. The second kappa shape index (κ2) is 6.71. The summed E-state index contributed by atoms with van der Waals surface area (Å²) >= 11 is 0. The Balaban J connectivity index is 2.30. The minimum atomic E-state index is -0.887. The zero-order valence-electron chi connectivity index (χ0n) is 14.5. The molecule has 1 heterocycles. The van der Waals surface area contributed by atoms with Gasteiger partial charge in [-0.3, -0.25) is 14.5 Å². The van der Waals surface area contributed by atoms with Gasteiger partial charge in [0.15, 0.2) is 0 Å². The Morgan fingerprint density at radius 1 is 1.17 bits per heavy atom. The number of nitrogens with zero attached hydrogens (tertiary/aromatic N) is 2. The molecule has 23 heavy (non-hydrogen) atoms. The molecule has 0 bridgehead atoms. The Kier molecular flexibility index (Phi) is 5.09. The Morgan fingerprint density at radius 3 is 2.30 bits per heavy atom. The zero-order valence-corrected chi connectivity index (χ0v) is 14.5. The maximum Gasteiger partial charge on any atom is 0.312 e. The SMILES string of the molecule is C[C@@H]1CN(C(=O)C(N)=O)[C@@H](c2ccccc2)CN1CC(C)(C)C. The first-order valence-corrected chi connectivity index (χ1v) is 8.08. The molecule has 5 heteroatoms. The van der Waals surface area contributed by atoms with Crippen molar-refractivity contribution < 1.29 is 9.59 Å². The lowest BCUT2D eigenvalue weighted by Gasteiger charge is -2.47. The number of piperazine rings is 1. The summed E-state index contributed by atoms with van der Waals surface area (Å²) in [6, 6.07) is 9.89.